The zero-order valence-corrected chi connectivity index (χ0v) is 11.8. The van der Waals surface area contributed by atoms with Gasteiger partial charge in [-0.25, -0.2) is 0 Å². The number of hydrogen-bond donors (Lipinski definition) is 1. The van der Waals surface area contributed by atoms with Crippen LogP contribution in [0, 0.1) is 6.92 Å². The van der Waals surface area contributed by atoms with Crippen molar-refractivity contribution in [2.24, 2.45) is 0 Å². The fraction of sp³-hybridized carbons (Fsp3) is 0.188. The van der Waals surface area contributed by atoms with E-state index in [1.54, 1.807) is 37.4 Å². The number of benzene rings is 2. The second-order valence-corrected chi connectivity index (χ2v) is 4.49. The first kappa shape index (κ1) is 13.9. The summed E-state index contributed by atoms with van der Waals surface area (Å²) in [5, 5.41) is 0. The molecule has 0 radical (unpaired) electrons. The average molecular weight is 271 g/mol. The topological polar surface area (TPSA) is 61.5 Å². The number of rotatable bonds is 4. The molecule has 2 aromatic rings. The molecular weight excluding hydrogens is 254 g/mol. The third kappa shape index (κ3) is 2.59. The molecule has 0 unspecified atom stereocenters. The van der Waals surface area contributed by atoms with Gasteiger partial charge in [-0.2, -0.15) is 0 Å². The standard InChI is InChI=1S/C16H17NO3/c1-10-4-6-14(17)12(8-10)16(18)13-9-11(19-2)5-7-15(13)20-3/h4-9H,17H2,1-3H3. The Kier molecular flexibility index (Phi) is 3.94. The van der Waals surface area contributed by atoms with Crippen LogP contribution in [-0.4, -0.2) is 20.0 Å². The molecule has 0 heterocycles. The van der Waals surface area contributed by atoms with Crippen molar-refractivity contribution in [1.82, 2.24) is 0 Å². The molecule has 20 heavy (non-hydrogen) atoms. The van der Waals surface area contributed by atoms with Crippen LogP contribution in [0.15, 0.2) is 36.4 Å². The average Bonchev–Trinajstić information content (AvgIpc) is 2.48. The van der Waals surface area contributed by atoms with Crippen LogP contribution in [0.2, 0.25) is 0 Å². The van der Waals surface area contributed by atoms with E-state index in [2.05, 4.69) is 0 Å². The minimum atomic E-state index is -0.179. The molecule has 0 aliphatic carbocycles. The van der Waals surface area contributed by atoms with Gasteiger partial charge < -0.3 is 15.2 Å². The van der Waals surface area contributed by atoms with Gasteiger partial charge in [-0.15, -0.1) is 0 Å². The lowest BCUT2D eigenvalue weighted by Crippen LogP contribution is -2.08. The molecule has 4 heteroatoms. The summed E-state index contributed by atoms with van der Waals surface area (Å²) in [6.07, 6.45) is 0. The molecular formula is C16H17NO3. The summed E-state index contributed by atoms with van der Waals surface area (Å²) in [7, 11) is 3.08. The van der Waals surface area contributed by atoms with E-state index in [9.17, 15) is 4.79 Å². The molecule has 0 amide bonds. The van der Waals surface area contributed by atoms with E-state index in [1.807, 2.05) is 13.0 Å². The molecule has 0 saturated heterocycles. The van der Waals surface area contributed by atoms with Crippen molar-refractivity contribution in [3.8, 4) is 11.5 Å². The zero-order chi connectivity index (χ0) is 14.7. The number of ketones is 1. The smallest absolute Gasteiger partial charge is 0.198 e. The Bertz CT molecular complexity index is 650. The van der Waals surface area contributed by atoms with Gasteiger partial charge >= 0.3 is 0 Å². The molecule has 0 aliphatic heterocycles. The first-order valence-corrected chi connectivity index (χ1v) is 6.19. The molecule has 0 atom stereocenters. The lowest BCUT2D eigenvalue weighted by molar-refractivity contribution is 0.103. The van der Waals surface area contributed by atoms with Crippen LogP contribution in [0.4, 0.5) is 5.69 Å². The van der Waals surface area contributed by atoms with Gasteiger partial charge in [-0.3, -0.25) is 4.79 Å². The molecule has 4 nitrogen and oxygen atoms in total. The van der Waals surface area contributed by atoms with Gasteiger partial charge in [-0.1, -0.05) is 11.6 Å². The van der Waals surface area contributed by atoms with Gasteiger partial charge in [0.25, 0.3) is 0 Å². The highest BCUT2D eigenvalue weighted by Gasteiger charge is 2.18. The Morgan fingerprint density at radius 3 is 2.40 bits per heavy atom. The van der Waals surface area contributed by atoms with Gasteiger partial charge in [0.05, 0.1) is 19.8 Å². The van der Waals surface area contributed by atoms with Crippen molar-refractivity contribution in [3.63, 3.8) is 0 Å². The van der Waals surface area contributed by atoms with Crippen LogP contribution in [-0.2, 0) is 0 Å². The molecule has 2 aromatic carbocycles. The van der Waals surface area contributed by atoms with Gasteiger partial charge in [0.15, 0.2) is 5.78 Å². The van der Waals surface area contributed by atoms with Gasteiger partial charge in [0.1, 0.15) is 11.5 Å². The predicted octanol–water partition coefficient (Wildman–Crippen LogP) is 2.83. The highest BCUT2D eigenvalue weighted by Crippen LogP contribution is 2.28. The molecule has 0 aliphatic rings. The molecule has 2 rings (SSSR count). The fourth-order valence-corrected chi connectivity index (χ4v) is 2.00. The van der Waals surface area contributed by atoms with E-state index in [0.29, 0.717) is 28.3 Å². The monoisotopic (exact) mass is 271 g/mol. The number of methoxy groups -OCH3 is 2. The summed E-state index contributed by atoms with van der Waals surface area (Å²) >= 11 is 0. The van der Waals surface area contributed by atoms with Crippen molar-refractivity contribution in [1.29, 1.82) is 0 Å². The molecule has 0 aromatic heterocycles. The molecule has 0 spiro atoms. The number of nitrogens with two attached hydrogens (primary N) is 1. The number of aryl methyl sites for hydroxylation is 1. The van der Waals surface area contributed by atoms with Crippen molar-refractivity contribution >= 4 is 11.5 Å². The number of hydrogen-bond acceptors (Lipinski definition) is 4. The Hall–Kier alpha value is -2.49. The molecule has 2 N–H and O–H groups in total. The summed E-state index contributed by atoms with van der Waals surface area (Å²) in [6.45, 7) is 1.92. The second kappa shape index (κ2) is 5.65. The predicted molar refractivity (Wildman–Crippen MR) is 78.6 cm³/mol. The Balaban J connectivity index is 2.54. The number of ether oxygens (including phenoxy) is 2. The third-order valence-corrected chi connectivity index (χ3v) is 3.10. The van der Waals surface area contributed by atoms with Gasteiger partial charge in [0, 0.05) is 11.3 Å². The maximum atomic E-state index is 12.7. The minimum absolute atomic E-state index is 0.179. The summed E-state index contributed by atoms with van der Waals surface area (Å²) < 4.78 is 10.4. The second-order valence-electron chi connectivity index (χ2n) is 4.49. The van der Waals surface area contributed by atoms with Crippen LogP contribution in [0.1, 0.15) is 21.5 Å². The van der Waals surface area contributed by atoms with E-state index >= 15 is 0 Å². The van der Waals surface area contributed by atoms with Gasteiger partial charge in [0.2, 0.25) is 0 Å². The lowest BCUT2D eigenvalue weighted by Gasteiger charge is -2.11. The van der Waals surface area contributed by atoms with Crippen LogP contribution in [0.5, 0.6) is 11.5 Å². The third-order valence-electron chi connectivity index (χ3n) is 3.10. The highest BCUT2D eigenvalue weighted by molar-refractivity contribution is 6.13. The maximum absolute atomic E-state index is 12.7. The van der Waals surface area contributed by atoms with Crippen LogP contribution >= 0.6 is 0 Å². The summed E-state index contributed by atoms with van der Waals surface area (Å²) in [5.41, 5.74) is 8.23. The Morgan fingerprint density at radius 2 is 1.75 bits per heavy atom. The van der Waals surface area contributed by atoms with E-state index in [1.165, 1.54) is 7.11 Å². The first-order chi connectivity index (χ1) is 9.56. The number of carbonyl (C=O) groups excluding carboxylic acids is 1. The molecule has 0 fully saturated rings. The fourth-order valence-electron chi connectivity index (χ4n) is 2.00. The SMILES string of the molecule is COc1ccc(OC)c(C(=O)c2cc(C)ccc2N)c1. The van der Waals surface area contributed by atoms with E-state index in [-0.39, 0.29) is 5.78 Å². The highest BCUT2D eigenvalue weighted by atomic mass is 16.5. The normalized spacial score (nSPS) is 10.2. The van der Waals surface area contributed by atoms with Crippen molar-refractivity contribution in [2.75, 3.05) is 20.0 Å². The molecule has 0 bridgehead atoms. The Labute approximate surface area is 118 Å². The zero-order valence-electron chi connectivity index (χ0n) is 11.8. The lowest BCUT2D eigenvalue weighted by atomic mass is 9.99. The summed E-state index contributed by atoms with van der Waals surface area (Å²) in [6, 6.07) is 10.5. The summed E-state index contributed by atoms with van der Waals surface area (Å²) in [5.74, 6) is 0.916. The maximum Gasteiger partial charge on any atom is 0.198 e. The van der Waals surface area contributed by atoms with Crippen molar-refractivity contribution < 1.29 is 14.3 Å². The van der Waals surface area contributed by atoms with E-state index < -0.39 is 0 Å². The first-order valence-electron chi connectivity index (χ1n) is 6.19. The van der Waals surface area contributed by atoms with Crippen LogP contribution in [0.25, 0.3) is 0 Å². The number of anilines is 1. The summed E-state index contributed by atoms with van der Waals surface area (Å²) in [4.78, 5) is 12.7. The minimum Gasteiger partial charge on any atom is -0.497 e. The quantitative estimate of drug-likeness (QED) is 0.686. The molecule has 0 saturated carbocycles. The van der Waals surface area contributed by atoms with Crippen LogP contribution in [0.3, 0.4) is 0 Å². The van der Waals surface area contributed by atoms with Crippen LogP contribution < -0.4 is 15.2 Å². The Morgan fingerprint density at radius 1 is 1.00 bits per heavy atom. The largest absolute Gasteiger partial charge is 0.497 e. The van der Waals surface area contributed by atoms with Crippen molar-refractivity contribution in [2.45, 2.75) is 6.92 Å². The van der Waals surface area contributed by atoms with E-state index in [0.717, 1.165) is 5.56 Å². The molecule has 104 valence electrons. The van der Waals surface area contributed by atoms with E-state index in [4.69, 9.17) is 15.2 Å². The van der Waals surface area contributed by atoms with Crippen molar-refractivity contribution in [3.05, 3.63) is 53.1 Å². The number of nitrogen functional groups attached to an aromatic ring is 1. The number of carbonyl (C=O) groups is 1. The van der Waals surface area contributed by atoms with Gasteiger partial charge in [-0.05, 0) is 37.3 Å².